The van der Waals surface area contributed by atoms with Gasteiger partial charge in [0.1, 0.15) is 11.5 Å². The van der Waals surface area contributed by atoms with Crippen LogP contribution in [0.5, 0.6) is 0 Å². The molecule has 0 unspecified atom stereocenters. The van der Waals surface area contributed by atoms with Crippen LogP contribution in [0.2, 0.25) is 5.02 Å². The van der Waals surface area contributed by atoms with Gasteiger partial charge < -0.3 is 13.9 Å². The Morgan fingerprint density at radius 3 is 2.62 bits per heavy atom. The first-order chi connectivity index (χ1) is 14.0. The van der Waals surface area contributed by atoms with E-state index in [1.165, 1.54) is 13.2 Å². The highest BCUT2D eigenvalue weighted by molar-refractivity contribution is 6.33. The normalized spacial score (nSPS) is 14.6. The molecule has 3 aromatic rings. The van der Waals surface area contributed by atoms with Crippen molar-refractivity contribution < 1.29 is 23.5 Å². The number of methoxy groups -OCH3 is 1. The summed E-state index contributed by atoms with van der Waals surface area (Å²) < 4.78 is 15.7. The molecule has 7 heteroatoms. The van der Waals surface area contributed by atoms with E-state index in [-0.39, 0.29) is 22.2 Å². The topological polar surface area (TPSA) is 78.1 Å². The Morgan fingerprint density at radius 1 is 1.07 bits per heavy atom. The summed E-state index contributed by atoms with van der Waals surface area (Å²) in [5.41, 5.74) is 1.72. The lowest BCUT2D eigenvalue weighted by molar-refractivity contribution is -0.129. The molecule has 1 aliphatic rings. The van der Waals surface area contributed by atoms with Crippen molar-refractivity contribution in [3.8, 4) is 11.3 Å². The van der Waals surface area contributed by atoms with Gasteiger partial charge >= 0.3 is 11.9 Å². The molecule has 0 saturated carbocycles. The Bertz CT molecular complexity index is 1160. The van der Waals surface area contributed by atoms with Gasteiger partial charge in [-0.1, -0.05) is 29.8 Å². The van der Waals surface area contributed by atoms with Gasteiger partial charge in [-0.05, 0) is 42.5 Å². The molecule has 0 bridgehead atoms. The van der Waals surface area contributed by atoms with Crippen LogP contribution in [0.15, 0.2) is 75.8 Å². The molecule has 0 amide bonds. The van der Waals surface area contributed by atoms with Crippen LogP contribution < -0.4 is 0 Å². The highest BCUT2D eigenvalue weighted by Gasteiger charge is 2.24. The van der Waals surface area contributed by atoms with Crippen LogP contribution in [0.4, 0.5) is 0 Å². The summed E-state index contributed by atoms with van der Waals surface area (Å²) in [6.45, 7) is 0. The van der Waals surface area contributed by atoms with Gasteiger partial charge in [-0.2, -0.15) is 0 Å². The Labute approximate surface area is 171 Å². The first-order valence-corrected chi connectivity index (χ1v) is 8.99. The van der Waals surface area contributed by atoms with Gasteiger partial charge in [0, 0.05) is 17.2 Å². The second-order valence-corrected chi connectivity index (χ2v) is 6.50. The molecule has 0 radical (unpaired) electrons. The van der Waals surface area contributed by atoms with E-state index >= 15 is 0 Å². The maximum absolute atomic E-state index is 12.1. The monoisotopic (exact) mass is 407 g/mol. The lowest BCUT2D eigenvalue weighted by atomic mass is 10.1. The van der Waals surface area contributed by atoms with Crippen molar-refractivity contribution in [3.05, 3.63) is 88.3 Å². The number of hydrogen-bond acceptors (Lipinski definition) is 6. The number of ether oxygens (including phenoxy) is 2. The molecule has 1 aromatic heterocycles. The number of esters is 2. The Morgan fingerprint density at radius 2 is 1.86 bits per heavy atom. The number of halogens is 1. The van der Waals surface area contributed by atoms with E-state index in [2.05, 4.69) is 4.99 Å². The summed E-state index contributed by atoms with van der Waals surface area (Å²) >= 11 is 6.05. The molecule has 2 aromatic carbocycles. The fourth-order valence-corrected chi connectivity index (χ4v) is 2.97. The molecule has 0 saturated heterocycles. The van der Waals surface area contributed by atoms with Crippen LogP contribution in [0.1, 0.15) is 21.7 Å². The molecule has 2 heterocycles. The maximum Gasteiger partial charge on any atom is 0.363 e. The average molecular weight is 408 g/mol. The third kappa shape index (κ3) is 3.83. The van der Waals surface area contributed by atoms with E-state index in [4.69, 9.17) is 25.5 Å². The molecule has 0 fully saturated rings. The maximum atomic E-state index is 12.1. The Balaban J connectivity index is 1.62. The lowest BCUT2D eigenvalue weighted by Gasteiger charge is -2.04. The van der Waals surface area contributed by atoms with Crippen molar-refractivity contribution >= 4 is 35.5 Å². The minimum absolute atomic E-state index is 0.135. The number of benzene rings is 2. The number of carbonyl (C=O) groups is 2. The number of furan rings is 1. The van der Waals surface area contributed by atoms with Gasteiger partial charge in [0.15, 0.2) is 5.70 Å². The molecule has 4 rings (SSSR count). The molecule has 29 heavy (non-hydrogen) atoms. The highest BCUT2D eigenvalue weighted by atomic mass is 35.5. The van der Waals surface area contributed by atoms with Gasteiger partial charge in [-0.15, -0.1) is 0 Å². The number of cyclic esters (lactones) is 1. The number of hydrogen-bond donors (Lipinski definition) is 0. The van der Waals surface area contributed by atoms with Crippen LogP contribution in [0.25, 0.3) is 17.4 Å². The predicted molar refractivity (Wildman–Crippen MR) is 108 cm³/mol. The molecular formula is C22H14ClNO5. The van der Waals surface area contributed by atoms with Crippen LogP contribution in [-0.4, -0.2) is 24.9 Å². The Kier molecular flexibility index (Phi) is 5.01. The van der Waals surface area contributed by atoms with Crippen molar-refractivity contribution in [1.82, 2.24) is 0 Å². The van der Waals surface area contributed by atoms with Crippen LogP contribution in [0.3, 0.4) is 0 Å². The van der Waals surface area contributed by atoms with Gasteiger partial charge in [0.25, 0.3) is 0 Å². The second kappa shape index (κ2) is 7.77. The lowest BCUT2D eigenvalue weighted by Crippen LogP contribution is -2.04. The molecule has 6 nitrogen and oxygen atoms in total. The standard InChI is InChI=1S/C22H14ClNO5/c1-27-21(25)16-11-14(7-9-17(16)23)19-10-8-15(28-19)12-18-22(26)29-20(24-18)13-5-3-2-4-6-13/h2-12H,1H3. The van der Waals surface area contributed by atoms with Gasteiger partial charge in [0.05, 0.1) is 17.7 Å². The summed E-state index contributed by atoms with van der Waals surface area (Å²) in [5.74, 6) is 0.0643. The van der Waals surface area contributed by atoms with Crippen molar-refractivity contribution in [1.29, 1.82) is 0 Å². The highest BCUT2D eigenvalue weighted by Crippen LogP contribution is 2.28. The number of nitrogens with zero attached hydrogens (tertiary/aromatic N) is 1. The minimum Gasteiger partial charge on any atom is -0.465 e. The zero-order chi connectivity index (χ0) is 20.4. The summed E-state index contributed by atoms with van der Waals surface area (Å²) in [7, 11) is 1.29. The quantitative estimate of drug-likeness (QED) is 0.461. The van der Waals surface area contributed by atoms with Crippen LogP contribution in [0, 0.1) is 0 Å². The predicted octanol–water partition coefficient (Wildman–Crippen LogP) is 4.73. The SMILES string of the molecule is COC(=O)c1cc(-c2ccc(C=C3N=C(c4ccccc4)OC3=O)o2)ccc1Cl. The summed E-state index contributed by atoms with van der Waals surface area (Å²) in [4.78, 5) is 28.2. The molecule has 144 valence electrons. The molecule has 0 spiro atoms. The van der Waals surface area contributed by atoms with Gasteiger partial charge in [0.2, 0.25) is 5.90 Å². The summed E-state index contributed by atoms with van der Waals surface area (Å²) in [5, 5.41) is 0.283. The van der Waals surface area contributed by atoms with Crippen molar-refractivity contribution in [2.75, 3.05) is 7.11 Å². The van der Waals surface area contributed by atoms with Crippen molar-refractivity contribution in [3.63, 3.8) is 0 Å². The van der Waals surface area contributed by atoms with E-state index in [9.17, 15) is 9.59 Å². The van der Waals surface area contributed by atoms with Gasteiger partial charge in [-0.25, -0.2) is 14.6 Å². The molecule has 0 atom stereocenters. The average Bonchev–Trinajstić information content (AvgIpc) is 3.36. The van der Waals surface area contributed by atoms with E-state index in [0.29, 0.717) is 22.6 Å². The van der Waals surface area contributed by atoms with Crippen molar-refractivity contribution in [2.24, 2.45) is 4.99 Å². The smallest absolute Gasteiger partial charge is 0.363 e. The fraction of sp³-hybridized carbons (Fsp3) is 0.0455. The molecule has 0 aliphatic carbocycles. The molecule has 0 N–H and O–H groups in total. The fourth-order valence-electron chi connectivity index (χ4n) is 2.78. The first-order valence-electron chi connectivity index (χ1n) is 8.61. The first kappa shape index (κ1) is 18.7. The van der Waals surface area contributed by atoms with Crippen LogP contribution in [-0.2, 0) is 14.3 Å². The van der Waals surface area contributed by atoms with E-state index in [0.717, 1.165) is 0 Å². The minimum atomic E-state index is -0.554. The van der Waals surface area contributed by atoms with Crippen molar-refractivity contribution in [2.45, 2.75) is 0 Å². The summed E-state index contributed by atoms with van der Waals surface area (Å²) in [6, 6.07) is 17.5. The second-order valence-electron chi connectivity index (χ2n) is 6.09. The number of rotatable bonds is 4. The third-order valence-corrected chi connectivity index (χ3v) is 4.53. The third-order valence-electron chi connectivity index (χ3n) is 4.20. The van der Waals surface area contributed by atoms with Gasteiger partial charge in [-0.3, -0.25) is 0 Å². The van der Waals surface area contributed by atoms with Crippen LogP contribution >= 0.6 is 11.6 Å². The van der Waals surface area contributed by atoms with E-state index in [1.54, 1.807) is 42.5 Å². The summed E-state index contributed by atoms with van der Waals surface area (Å²) in [6.07, 6.45) is 1.50. The number of aliphatic imine (C=N–C) groups is 1. The Hall–Kier alpha value is -3.64. The molecule has 1 aliphatic heterocycles. The van der Waals surface area contributed by atoms with E-state index < -0.39 is 11.9 Å². The molecular weight excluding hydrogens is 394 g/mol. The zero-order valence-corrected chi connectivity index (χ0v) is 16.0. The number of carbonyl (C=O) groups excluding carboxylic acids is 2. The largest absolute Gasteiger partial charge is 0.465 e. The zero-order valence-electron chi connectivity index (χ0n) is 15.2. The van der Waals surface area contributed by atoms with E-state index in [1.807, 2.05) is 18.2 Å².